The molecule has 180 valence electrons. The number of carbonyl (C=O) groups excluding carboxylic acids is 1. The summed E-state index contributed by atoms with van der Waals surface area (Å²) in [6.45, 7) is 1.77. The second-order valence-electron chi connectivity index (χ2n) is 7.93. The van der Waals surface area contributed by atoms with Gasteiger partial charge >= 0.3 is 0 Å². The zero-order valence-electron chi connectivity index (χ0n) is 19.1. The van der Waals surface area contributed by atoms with Gasteiger partial charge in [0.15, 0.2) is 4.32 Å². The summed E-state index contributed by atoms with van der Waals surface area (Å²) >= 11 is 6.57. The number of benzene rings is 2. The summed E-state index contributed by atoms with van der Waals surface area (Å²) in [5.41, 5.74) is 1.77. The molecule has 0 atom stereocenters. The van der Waals surface area contributed by atoms with Gasteiger partial charge in [0.2, 0.25) is 0 Å². The fraction of sp³-hybridized carbons (Fsp3) is 0.0800. The van der Waals surface area contributed by atoms with Gasteiger partial charge in [-0.3, -0.25) is 29.3 Å². The molecule has 36 heavy (non-hydrogen) atoms. The Morgan fingerprint density at radius 2 is 1.72 bits per heavy atom. The largest absolute Gasteiger partial charge is 0.457 e. The number of nitro groups is 1. The highest BCUT2D eigenvalue weighted by Gasteiger charge is 2.38. The fourth-order valence-electron chi connectivity index (χ4n) is 3.93. The standard InChI is InChI=1S/C25H18N4O5S2/c1-15-22(24(31)28(26(15)2)17-6-4-3-5-7-17)27-23(30)21(36-25(27)35)14-19-12-13-20(34-19)16-8-10-18(11-9-16)29(32)33/h3-14H,1-2H3/b21-14-. The molecule has 5 rings (SSSR count). The van der Waals surface area contributed by atoms with Gasteiger partial charge in [-0.15, -0.1) is 0 Å². The van der Waals surface area contributed by atoms with Crippen LogP contribution in [0.2, 0.25) is 0 Å². The third kappa shape index (κ3) is 3.97. The smallest absolute Gasteiger partial charge is 0.296 e. The summed E-state index contributed by atoms with van der Waals surface area (Å²) < 4.78 is 9.28. The normalized spacial score (nSPS) is 14.7. The van der Waals surface area contributed by atoms with Crippen molar-refractivity contribution in [3.8, 4) is 17.0 Å². The molecule has 4 aromatic rings. The molecule has 1 amide bonds. The van der Waals surface area contributed by atoms with Crippen LogP contribution in [0, 0.1) is 17.0 Å². The molecule has 0 spiro atoms. The summed E-state index contributed by atoms with van der Waals surface area (Å²) in [6.07, 6.45) is 1.57. The van der Waals surface area contributed by atoms with E-state index in [0.29, 0.717) is 33.4 Å². The van der Waals surface area contributed by atoms with Crippen molar-refractivity contribution in [2.75, 3.05) is 4.90 Å². The predicted octanol–water partition coefficient (Wildman–Crippen LogP) is 5.06. The maximum atomic E-state index is 13.4. The highest BCUT2D eigenvalue weighted by molar-refractivity contribution is 8.27. The van der Waals surface area contributed by atoms with Gasteiger partial charge in [-0.05, 0) is 43.3 Å². The Balaban J connectivity index is 1.46. The van der Waals surface area contributed by atoms with Crippen LogP contribution in [0.4, 0.5) is 11.4 Å². The molecule has 0 N–H and O–H groups in total. The van der Waals surface area contributed by atoms with E-state index in [1.54, 1.807) is 49.0 Å². The number of rotatable bonds is 5. The third-order valence-corrected chi connectivity index (χ3v) is 7.11. The number of hydrogen-bond acceptors (Lipinski definition) is 7. The lowest BCUT2D eigenvalue weighted by Crippen LogP contribution is -2.33. The summed E-state index contributed by atoms with van der Waals surface area (Å²) in [7, 11) is 1.75. The fourth-order valence-corrected chi connectivity index (χ4v) is 5.19. The molecule has 0 unspecified atom stereocenters. The number of nitrogens with zero attached hydrogens (tertiary/aromatic N) is 4. The van der Waals surface area contributed by atoms with Crippen molar-refractivity contribution in [2.45, 2.75) is 6.92 Å². The van der Waals surface area contributed by atoms with Gasteiger partial charge < -0.3 is 4.42 Å². The number of thiocarbonyl (C=S) groups is 1. The second-order valence-corrected chi connectivity index (χ2v) is 9.61. The van der Waals surface area contributed by atoms with Crippen molar-refractivity contribution in [1.82, 2.24) is 9.36 Å². The Bertz CT molecular complexity index is 1610. The van der Waals surface area contributed by atoms with Crippen LogP contribution in [0.1, 0.15) is 11.5 Å². The average Bonchev–Trinajstić information content (AvgIpc) is 3.50. The van der Waals surface area contributed by atoms with E-state index < -0.39 is 10.8 Å². The highest BCUT2D eigenvalue weighted by atomic mass is 32.2. The van der Waals surface area contributed by atoms with E-state index in [1.807, 2.05) is 30.3 Å². The van der Waals surface area contributed by atoms with Gasteiger partial charge in [0.1, 0.15) is 17.2 Å². The lowest BCUT2D eigenvalue weighted by molar-refractivity contribution is -0.384. The molecule has 1 aliphatic rings. The second kappa shape index (κ2) is 9.10. The van der Waals surface area contributed by atoms with Crippen LogP contribution in [0.15, 0.2) is 80.8 Å². The van der Waals surface area contributed by atoms with Gasteiger partial charge in [-0.2, -0.15) is 0 Å². The van der Waals surface area contributed by atoms with Gasteiger partial charge in [0, 0.05) is 30.8 Å². The van der Waals surface area contributed by atoms with E-state index in [-0.39, 0.29) is 21.3 Å². The van der Waals surface area contributed by atoms with E-state index in [2.05, 4.69) is 0 Å². The number of nitro benzene ring substituents is 1. The molecule has 0 radical (unpaired) electrons. The Labute approximate surface area is 214 Å². The number of aromatic nitrogens is 2. The molecular weight excluding hydrogens is 500 g/mol. The minimum absolute atomic E-state index is 0.0169. The number of hydrogen-bond donors (Lipinski definition) is 0. The number of anilines is 1. The van der Waals surface area contributed by atoms with Crippen molar-refractivity contribution < 1.29 is 14.1 Å². The minimum atomic E-state index is -0.470. The Morgan fingerprint density at radius 1 is 1.03 bits per heavy atom. The van der Waals surface area contributed by atoms with Crippen molar-refractivity contribution in [1.29, 1.82) is 0 Å². The van der Waals surface area contributed by atoms with Crippen LogP contribution in [-0.4, -0.2) is 24.5 Å². The lowest BCUT2D eigenvalue weighted by Gasteiger charge is -2.12. The first kappa shape index (κ1) is 23.5. The molecule has 2 aromatic heterocycles. The highest BCUT2D eigenvalue weighted by Crippen LogP contribution is 2.37. The first-order chi connectivity index (χ1) is 17.3. The van der Waals surface area contributed by atoms with E-state index in [0.717, 1.165) is 11.8 Å². The molecule has 0 bridgehead atoms. The SMILES string of the molecule is Cc1c(N2C(=O)/C(=C/c3ccc(-c4ccc([N+](=O)[O-])cc4)o3)SC2=S)c(=O)n(-c2ccccc2)n1C. The molecular formula is C25H18N4O5S2. The van der Waals surface area contributed by atoms with E-state index in [4.69, 9.17) is 16.6 Å². The van der Waals surface area contributed by atoms with E-state index in [1.165, 1.54) is 21.7 Å². The summed E-state index contributed by atoms with van der Waals surface area (Å²) in [5, 5.41) is 10.9. The maximum absolute atomic E-state index is 13.4. The zero-order chi connectivity index (χ0) is 25.6. The molecule has 1 fully saturated rings. The number of para-hydroxylation sites is 1. The van der Waals surface area contributed by atoms with E-state index >= 15 is 0 Å². The zero-order valence-corrected chi connectivity index (χ0v) is 20.7. The van der Waals surface area contributed by atoms with Crippen molar-refractivity contribution in [3.05, 3.63) is 104 Å². The summed E-state index contributed by atoms with van der Waals surface area (Å²) in [6, 6.07) is 18.5. The van der Waals surface area contributed by atoms with Gasteiger partial charge in [-0.1, -0.05) is 42.2 Å². The quantitative estimate of drug-likeness (QED) is 0.157. The number of furan rings is 1. The molecule has 11 heteroatoms. The topological polar surface area (TPSA) is 104 Å². The van der Waals surface area contributed by atoms with Crippen LogP contribution < -0.4 is 10.5 Å². The van der Waals surface area contributed by atoms with Crippen LogP contribution in [0.5, 0.6) is 0 Å². The summed E-state index contributed by atoms with van der Waals surface area (Å²) in [4.78, 5) is 38.7. The minimum Gasteiger partial charge on any atom is -0.457 e. The number of carbonyl (C=O) groups is 1. The third-order valence-electron chi connectivity index (χ3n) is 5.80. The summed E-state index contributed by atoms with van der Waals surface area (Å²) in [5.74, 6) is 0.496. The van der Waals surface area contributed by atoms with Crippen molar-refractivity contribution in [2.24, 2.45) is 7.05 Å². The molecule has 3 heterocycles. The number of non-ortho nitro benzene ring substituents is 1. The predicted molar refractivity (Wildman–Crippen MR) is 142 cm³/mol. The van der Waals surface area contributed by atoms with Gasteiger partial charge in [-0.25, -0.2) is 4.68 Å². The molecule has 1 aliphatic heterocycles. The monoisotopic (exact) mass is 518 g/mol. The first-order valence-corrected chi connectivity index (χ1v) is 12.0. The van der Waals surface area contributed by atoms with Crippen molar-refractivity contribution >= 4 is 51.7 Å². The van der Waals surface area contributed by atoms with Gasteiger partial charge in [0.05, 0.1) is 21.2 Å². The van der Waals surface area contributed by atoms with Crippen molar-refractivity contribution in [3.63, 3.8) is 0 Å². The molecule has 0 aliphatic carbocycles. The average molecular weight is 519 g/mol. The molecule has 9 nitrogen and oxygen atoms in total. The molecule has 0 saturated carbocycles. The number of amides is 1. The van der Waals surface area contributed by atoms with Gasteiger partial charge in [0.25, 0.3) is 17.2 Å². The van der Waals surface area contributed by atoms with Crippen LogP contribution in [0.25, 0.3) is 23.1 Å². The van der Waals surface area contributed by atoms with E-state index in [9.17, 15) is 19.7 Å². The Kier molecular flexibility index (Phi) is 5.94. The lowest BCUT2D eigenvalue weighted by atomic mass is 10.1. The maximum Gasteiger partial charge on any atom is 0.296 e. The Morgan fingerprint density at radius 3 is 2.39 bits per heavy atom. The van der Waals surface area contributed by atoms with Crippen LogP contribution in [0.3, 0.4) is 0 Å². The van der Waals surface area contributed by atoms with Crippen LogP contribution >= 0.6 is 24.0 Å². The molecule has 1 saturated heterocycles. The van der Waals surface area contributed by atoms with Crippen LogP contribution in [-0.2, 0) is 11.8 Å². The molecule has 2 aromatic carbocycles. The number of thioether (sulfide) groups is 1. The first-order valence-electron chi connectivity index (χ1n) is 10.7. The Hall–Kier alpha value is -4.22.